The quantitative estimate of drug-likeness (QED) is 0.689. The molecule has 0 saturated carbocycles. The van der Waals surface area contributed by atoms with E-state index in [0.29, 0.717) is 44.6 Å². The molecule has 1 unspecified atom stereocenters. The minimum atomic E-state index is -0.649. The SMILES string of the molecule is CCC(Oc1ccccc1)C(=O)N1CCC2(CC1)CN(CC(=O)OC)C(=O)O2. The average molecular weight is 390 g/mol. The molecule has 0 aliphatic carbocycles. The summed E-state index contributed by atoms with van der Waals surface area (Å²) >= 11 is 0. The van der Waals surface area contributed by atoms with Crippen LogP contribution in [0.2, 0.25) is 0 Å². The minimum absolute atomic E-state index is 0.0584. The monoisotopic (exact) mass is 390 g/mol. The van der Waals surface area contributed by atoms with E-state index in [1.807, 2.05) is 37.3 Å². The third kappa shape index (κ3) is 4.37. The second-order valence-electron chi connectivity index (χ2n) is 7.14. The van der Waals surface area contributed by atoms with E-state index < -0.39 is 23.8 Å². The molecule has 28 heavy (non-hydrogen) atoms. The Kier molecular flexibility index (Phi) is 6.06. The topological polar surface area (TPSA) is 85.4 Å². The number of benzene rings is 1. The maximum atomic E-state index is 12.9. The summed E-state index contributed by atoms with van der Waals surface area (Å²) in [4.78, 5) is 39.5. The number of carbonyl (C=O) groups is 3. The van der Waals surface area contributed by atoms with Gasteiger partial charge in [-0.2, -0.15) is 0 Å². The van der Waals surface area contributed by atoms with Gasteiger partial charge in [0.2, 0.25) is 0 Å². The Labute approximate surface area is 164 Å². The van der Waals surface area contributed by atoms with E-state index in [2.05, 4.69) is 4.74 Å². The summed E-state index contributed by atoms with van der Waals surface area (Å²) in [5, 5.41) is 0. The highest BCUT2D eigenvalue weighted by molar-refractivity contribution is 5.82. The van der Waals surface area contributed by atoms with Crippen LogP contribution in [0, 0.1) is 0 Å². The summed E-state index contributed by atoms with van der Waals surface area (Å²) in [6.07, 6.45) is 0.577. The van der Waals surface area contributed by atoms with Crippen molar-refractivity contribution in [2.75, 3.05) is 33.3 Å². The molecule has 8 heteroatoms. The molecule has 1 spiro atoms. The fraction of sp³-hybridized carbons (Fsp3) is 0.550. The molecule has 3 rings (SSSR count). The summed E-state index contributed by atoms with van der Waals surface area (Å²) in [5.74, 6) is 0.127. The van der Waals surface area contributed by atoms with E-state index in [1.165, 1.54) is 12.0 Å². The Morgan fingerprint density at radius 3 is 2.50 bits per heavy atom. The molecule has 0 bridgehead atoms. The summed E-state index contributed by atoms with van der Waals surface area (Å²) in [5.41, 5.74) is -0.649. The lowest BCUT2D eigenvalue weighted by Crippen LogP contribution is -2.52. The van der Waals surface area contributed by atoms with E-state index in [1.54, 1.807) is 4.90 Å². The molecule has 2 amide bonds. The number of nitrogens with zero attached hydrogens (tertiary/aromatic N) is 2. The average Bonchev–Trinajstić information content (AvgIpc) is 3.01. The van der Waals surface area contributed by atoms with Crippen LogP contribution >= 0.6 is 0 Å². The fourth-order valence-corrected chi connectivity index (χ4v) is 3.61. The number of rotatable bonds is 6. The van der Waals surface area contributed by atoms with Gasteiger partial charge in [0.1, 0.15) is 17.9 Å². The van der Waals surface area contributed by atoms with E-state index >= 15 is 0 Å². The molecule has 0 radical (unpaired) electrons. The molecule has 152 valence electrons. The van der Waals surface area contributed by atoms with Crippen molar-refractivity contribution < 1.29 is 28.6 Å². The van der Waals surface area contributed by atoms with Crippen molar-refractivity contribution in [1.29, 1.82) is 0 Å². The lowest BCUT2D eigenvalue weighted by atomic mass is 9.91. The van der Waals surface area contributed by atoms with Gasteiger partial charge in [-0.3, -0.25) is 14.5 Å². The van der Waals surface area contributed by atoms with Crippen LogP contribution in [-0.2, 0) is 19.1 Å². The van der Waals surface area contributed by atoms with Crippen LogP contribution in [-0.4, -0.2) is 72.8 Å². The molecule has 8 nitrogen and oxygen atoms in total. The molecule has 2 saturated heterocycles. The molecule has 1 aromatic rings. The minimum Gasteiger partial charge on any atom is -0.481 e. The van der Waals surface area contributed by atoms with Crippen LogP contribution in [0.25, 0.3) is 0 Å². The molecule has 1 atom stereocenters. The number of esters is 1. The molecule has 1 aromatic carbocycles. The van der Waals surface area contributed by atoms with E-state index in [9.17, 15) is 14.4 Å². The molecular formula is C20H26N2O6. The van der Waals surface area contributed by atoms with Crippen LogP contribution < -0.4 is 4.74 Å². The van der Waals surface area contributed by atoms with Crippen molar-refractivity contribution in [1.82, 2.24) is 9.80 Å². The number of hydrogen-bond acceptors (Lipinski definition) is 6. The number of ether oxygens (including phenoxy) is 3. The predicted octanol–water partition coefficient (Wildman–Crippen LogP) is 1.83. The first-order valence-corrected chi connectivity index (χ1v) is 9.51. The zero-order chi connectivity index (χ0) is 20.1. The Balaban J connectivity index is 1.56. The second kappa shape index (κ2) is 8.50. The van der Waals surface area contributed by atoms with Gasteiger partial charge in [0, 0.05) is 25.9 Å². The molecule has 0 aromatic heterocycles. The lowest BCUT2D eigenvalue weighted by Gasteiger charge is -2.38. The zero-order valence-electron chi connectivity index (χ0n) is 16.3. The maximum absolute atomic E-state index is 12.9. The van der Waals surface area contributed by atoms with Crippen molar-refractivity contribution >= 4 is 18.0 Å². The van der Waals surface area contributed by atoms with Crippen LogP contribution in [0.15, 0.2) is 30.3 Å². The molecule has 2 aliphatic rings. The smallest absolute Gasteiger partial charge is 0.411 e. The largest absolute Gasteiger partial charge is 0.481 e. The van der Waals surface area contributed by atoms with Gasteiger partial charge in [-0.25, -0.2) is 4.79 Å². The standard InChI is InChI=1S/C20H26N2O6/c1-3-16(27-15-7-5-4-6-8-15)18(24)21-11-9-20(10-12-21)14-22(19(25)28-20)13-17(23)26-2/h4-8,16H,3,9-14H2,1-2H3. The third-order valence-corrected chi connectivity index (χ3v) is 5.24. The highest BCUT2D eigenvalue weighted by Gasteiger charge is 2.48. The molecular weight excluding hydrogens is 364 g/mol. The zero-order valence-corrected chi connectivity index (χ0v) is 16.3. The lowest BCUT2D eigenvalue weighted by molar-refractivity contribution is -0.142. The maximum Gasteiger partial charge on any atom is 0.411 e. The molecule has 0 N–H and O–H groups in total. The first-order valence-electron chi connectivity index (χ1n) is 9.51. The van der Waals surface area contributed by atoms with E-state index in [-0.39, 0.29) is 12.5 Å². The molecule has 2 heterocycles. The Bertz CT molecular complexity index is 715. The highest BCUT2D eigenvalue weighted by Crippen LogP contribution is 2.33. The molecule has 2 aliphatic heterocycles. The van der Waals surface area contributed by atoms with E-state index in [0.717, 1.165) is 0 Å². The number of methoxy groups -OCH3 is 1. The number of para-hydroxylation sites is 1. The van der Waals surface area contributed by atoms with Crippen LogP contribution in [0.1, 0.15) is 26.2 Å². The van der Waals surface area contributed by atoms with Gasteiger partial charge >= 0.3 is 12.1 Å². The summed E-state index contributed by atoms with van der Waals surface area (Å²) in [6, 6.07) is 9.29. The van der Waals surface area contributed by atoms with Gasteiger partial charge in [0.25, 0.3) is 5.91 Å². The number of likely N-dealkylation sites (tertiary alicyclic amines) is 1. The van der Waals surface area contributed by atoms with Crippen LogP contribution in [0.4, 0.5) is 4.79 Å². The first-order chi connectivity index (χ1) is 13.5. The van der Waals surface area contributed by atoms with Crippen molar-refractivity contribution in [2.45, 2.75) is 37.9 Å². The number of hydrogen-bond donors (Lipinski definition) is 0. The van der Waals surface area contributed by atoms with Crippen molar-refractivity contribution in [3.8, 4) is 5.75 Å². The molecule has 2 fully saturated rings. The Morgan fingerprint density at radius 1 is 1.21 bits per heavy atom. The highest BCUT2D eigenvalue weighted by atomic mass is 16.6. The number of amides is 2. The summed E-state index contributed by atoms with van der Waals surface area (Å²) in [6.45, 7) is 3.09. The van der Waals surface area contributed by atoms with E-state index in [4.69, 9.17) is 9.47 Å². The van der Waals surface area contributed by atoms with Crippen LogP contribution in [0.3, 0.4) is 0 Å². The van der Waals surface area contributed by atoms with Gasteiger partial charge in [0.15, 0.2) is 6.10 Å². The normalized spacial score (nSPS) is 19.3. The number of piperidine rings is 1. The predicted molar refractivity (Wildman–Crippen MR) is 99.8 cm³/mol. The third-order valence-electron chi connectivity index (χ3n) is 5.24. The second-order valence-corrected chi connectivity index (χ2v) is 7.14. The van der Waals surface area contributed by atoms with Crippen molar-refractivity contribution in [3.05, 3.63) is 30.3 Å². The Hall–Kier alpha value is -2.77. The van der Waals surface area contributed by atoms with Crippen molar-refractivity contribution in [2.24, 2.45) is 0 Å². The summed E-state index contributed by atoms with van der Waals surface area (Å²) in [7, 11) is 1.28. The number of carbonyl (C=O) groups excluding carboxylic acids is 3. The van der Waals surface area contributed by atoms with Gasteiger partial charge in [-0.1, -0.05) is 25.1 Å². The van der Waals surface area contributed by atoms with Crippen molar-refractivity contribution in [3.63, 3.8) is 0 Å². The van der Waals surface area contributed by atoms with Gasteiger partial charge in [-0.05, 0) is 18.6 Å². The van der Waals surface area contributed by atoms with Gasteiger partial charge in [0.05, 0.1) is 13.7 Å². The van der Waals surface area contributed by atoms with Gasteiger partial charge in [-0.15, -0.1) is 0 Å². The first kappa shape index (κ1) is 20.0. The summed E-state index contributed by atoms with van der Waals surface area (Å²) < 4.78 is 16.0. The van der Waals surface area contributed by atoms with Crippen LogP contribution in [0.5, 0.6) is 5.75 Å². The fourth-order valence-electron chi connectivity index (χ4n) is 3.61. The Morgan fingerprint density at radius 2 is 1.89 bits per heavy atom. The van der Waals surface area contributed by atoms with Gasteiger partial charge < -0.3 is 19.1 Å².